The maximum Gasteiger partial charge on any atom is 0.223 e. The second-order valence-corrected chi connectivity index (χ2v) is 4.89. The summed E-state index contributed by atoms with van der Waals surface area (Å²) < 4.78 is 0. The molecule has 2 N–H and O–H groups in total. The zero-order valence-electron chi connectivity index (χ0n) is 12.0. The number of hydrogen-bond acceptors (Lipinski definition) is 4. The average Bonchev–Trinajstić information content (AvgIpc) is 2.48. The number of aryl methyl sites for hydroxylation is 2. The van der Waals surface area contributed by atoms with Gasteiger partial charge in [0.25, 0.3) is 0 Å². The molecule has 0 aliphatic carbocycles. The number of aliphatic hydroxyl groups excluding tert-OH is 1. The van der Waals surface area contributed by atoms with Gasteiger partial charge < -0.3 is 10.4 Å². The molecule has 0 spiro atoms. The first-order chi connectivity index (χ1) is 9.72. The molecular weight excluding hydrogens is 250 g/mol. The molecule has 0 saturated heterocycles. The standard InChI is InChI=1S/C16H21N3O/c1-3-13-10-17-16(18-11-13)19-15(8-9-20)14-6-4-12(2)5-7-14/h4-7,10-11,15,20H,3,8-9H2,1-2H3,(H,17,18,19). The van der Waals surface area contributed by atoms with Crippen LogP contribution in [0.5, 0.6) is 0 Å². The first-order valence-electron chi connectivity index (χ1n) is 6.97. The Morgan fingerprint density at radius 1 is 1.15 bits per heavy atom. The van der Waals surface area contributed by atoms with E-state index in [4.69, 9.17) is 0 Å². The fourth-order valence-corrected chi connectivity index (χ4v) is 2.02. The van der Waals surface area contributed by atoms with Crippen molar-refractivity contribution in [2.45, 2.75) is 32.7 Å². The van der Waals surface area contributed by atoms with Crippen LogP contribution in [-0.4, -0.2) is 21.7 Å². The minimum absolute atomic E-state index is 0.0214. The number of rotatable bonds is 6. The lowest BCUT2D eigenvalue weighted by atomic mass is 10.0. The number of nitrogens with one attached hydrogen (secondary N) is 1. The van der Waals surface area contributed by atoms with Crippen LogP contribution in [-0.2, 0) is 6.42 Å². The predicted molar refractivity (Wildman–Crippen MR) is 80.7 cm³/mol. The van der Waals surface area contributed by atoms with Crippen LogP contribution >= 0.6 is 0 Å². The Morgan fingerprint density at radius 3 is 2.35 bits per heavy atom. The Morgan fingerprint density at radius 2 is 1.80 bits per heavy atom. The highest BCUT2D eigenvalue weighted by molar-refractivity contribution is 5.33. The van der Waals surface area contributed by atoms with E-state index in [1.165, 1.54) is 5.56 Å². The summed E-state index contributed by atoms with van der Waals surface area (Å²) in [5.41, 5.74) is 3.47. The van der Waals surface area contributed by atoms with Crippen LogP contribution in [0, 0.1) is 6.92 Å². The summed E-state index contributed by atoms with van der Waals surface area (Å²) in [6.45, 7) is 4.26. The predicted octanol–water partition coefficient (Wildman–Crippen LogP) is 2.88. The highest BCUT2D eigenvalue weighted by Crippen LogP contribution is 2.21. The Hall–Kier alpha value is -1.94. The maximum absolute atomic E-state index is 9.23. The van der Waals surface area contributed by atoms with Crippen molar-refractivity contribution in [1.82, 2.24) is 9.97 Å². The van der Waals surface area contributed by atoms with Crippen LogP contribution in [0.4, 0.5) is 5.95 Å². The molecule has 106 valence electrons. The second kappa shape index (κ2) is 7.01. The van der Waals surface area contributed by atoms with E-state index in [0.717, 1.165) is 17.5 Å². The molecule has 0 fully saturated rings. The van der Waals surface area contributed by atoms with Crippen molar-refractivity contribution in [2.24, 2.45) is 0 Å². The fourth-order valence-electron chi connectivity index (χ4n) is 2.02. The molecule has 1 unspecified atom stereocenters. The van der Waals surface area contributed by atoms with E-state index in [1.807, 2.05) is 12.4 Å². The first kappa shape index (κ1) is 14.5. The lowest BCUT2D eigenvalue weighted by Crippen LogP contribution is -2.14. The molecule has 0 saturated carbocycles. The molecule has 1 heterocycles. The SMILES string of the molecule is CCc1cnc(NC(CCO)c2ccc(C)cc2)nc1. The van der Waals surface area contributed by atoms with Crippen LogP contribution in [0.3, 0.4) is 0 Å². The van der Waals surface area contributed by atoms with Gasteiger partial charge in [-0.05, 0) is 30.9 Å². The third-order valence-electron chi connectivity index (χ3n) is 3.31. The van der Waals surface area contributed by atoms with Crippen molar-refractivity contribution >= 4 is 5.95 Å². The minimum atomic E-state index is 0.0214. The van der Waals surface area contributed by atoms with Gasteiger partial charge in [-0.25, -0.2) is 9.97 Å². The summed E-state index contributed by atoms with van der Waals surface area (Å²) in [7, 11) is 0. The van der Waals surface area contributed by atoms with Crippen molar-refractivity contribution in [3.05, 3.63) is 53.3 Å². The van der Waals surface area contributed by atoms with E-state index in [1.54, 1.807) is 0 Å². The molecule has 1 aromatic carbocycles. The van der Waals surface area contributed by atoms with E-state index < -0.39 is 0 Å². The second-order valence-electron chi connectivity index (χ2n) is 4.89. The smallest absolute Gasteiger partial charge is 0.223 e. The molecule has 20 heavy (non-hydrogen) atoms. The third-order valence-corrected chi connectivity index (χ3v) is 3.31. The van der Waals surface area contributed by atoms with Crippen LogP contribution < -0.4 is 5.32 Å². The first-order valence-corrected chi connectivity index (χ1v) is 6.97. The Labute approximate surface area is 119 Å². The zero-order chi connectivity index (χ0) is 14.4. The topological polar surface area (TPSA) is 58.0 Å². The molecule has 1 aromatic heterocycles. The van der Waals surface area contributed by atoms with Crippen molar-refractivity contribution in [2.75, 3.05) is 11.9 Å². The van der Waals surface area contributed by atoms with E-state index in [2.05, 4.69) is 53.4 Å². The lowest BCUT2D eigenvalue weighted by molar-refractivity contribution is 0.280. The Bertz CT molecular complexity index is 522. The van der Waals surface area contributed by atoms with Gasteiger partial charge >= 0.3 is 0 Å². The summed E-state index contributed by atoms with van der Waals surface area (Å²) in [6, 6.07) is 8.31. The van der Waals surface area contributed by atoms with Crippen LogP contribution in [0.15, 0.2) is 36.7 Å². The average molecular weight is 271 g/mol. The Balaban J connectivity index is 2.13. The number of anilines is 1. The van der Waals surface area contributed by atoms with Gasteiger partial charge in [-0.1, -0.05) is 36.8 Å². The molecule has 0 aliphatic rings. The van der Waals surface area contributed by atoms with Gasteiger partial charge in [-0.2, -0.15) is 0 Å². The number of aromatic nitrogens is 2. The molecule has 0 radical (unpaired) electrons. The number of nitrogens with zero attached hydrogens (tertiary/aromatic N) is 2. The van der Waals surface area contributed by atoms with Gasteiger partial charge in [0.2, 0.25) is 5.95 Å². The molecule has 0 amide bonds. The summed E-state index contributed by atoms with van der Waals surface area (Å²) in [6.07, 6.45) is 5.22. The van der Waals surface area contributed by atoms with Crippen molar-refractivity contribution in [3.8, 4) is 0 Å². The number of aliphatic hydroxyl groups is 1. The van der Waals surface area contributed by atoms with E-state index >= 15 is 0 Å². The summed E-state index contributed by atoms with van der Waals surface area (Å²) in [4.78, 5) is 8.62. The molecule has 4 heteroatoms. The number of hydrogen-bond donors (Lipinski definition) is 2. The molecule has 2 rings (SSSR count). The van der Waals surface area contributed by atoms with E-state index in [0.29, 0.717) is 12.4 Å². The fraction of sp³-hybridized carbons (Fsp3) is 0.375. The minimum Gasteiger partial charge on any atom is -0.396 e. The molecule has 4 nitrogen and oxygen atoms in total. The highest BCUT2D eigenvalue weighted by atomic mass is 16.3. The van der Waals surface area contributed by atoms with Crippen LogP contribution in [0.25, 0.3) is 0 Å². The van der Waals surface area contributed by atoms with E-state index in [-0.39, 0.29) is 12.6 Å². The van der Waals surface area contributed by atoms with Gasteiger partial charge in [0, 0.05) is 19.0 Å². The highest BCUT2D eigenvalue weighted by Gasteiger charge is 2.12. The third kappa shape index (κ3) is 3.78. The summed E-state index contributed by atoms with van der Waals surface area (Å²) in [5, 5.41) is 12.5. The normalized spacial score (nSPS) is 12.2. The van der Waals surface area contributed by atoms with Crippen molar-refractivity contribution in [3.63, 3.8) is 0 Å². The molecule has 1 atom stereocenters. The lowest BCUT2D eigenvalue weighted by Gasteiger charge is -2.18. The van der Waals surface area contributed by atoms with Crippen LogP contribution in [0.1, 0.15) is 36.1 Å². The quantitative estimate of drug-likeness (QED) is 0.848. The molecule has 0 bridgehead atoms. The molecular formula is C16H21N3O. The van der Waals surface area contributed by atoms with Gasteiger partial charge in [-0.3, -0.25) is 0 Å². The van der Waals surface area contributed by atoms with Crippen molar-refractivity contribution in [1.29, 1.82) is 0 Å². The van der Waals surface area contributed by atoms with Gasteiger partial charge in [0.1, 0.15) is 0 Å². The van der Waals surface area contributed by atoms with Crippen LogP contribution in [0.2, 0.25) is 0 Å². The number of benzene rings is 1. The van der Waals surface area contributed by atoms with E-state index in [9.17, 15) is 5.11 Å². The monoisotopic (exact) mass is 271 g/mol. The summed E-state index contributed by atoms with van der Waals surface area (Å²) >= 11 is 0. The Kier molecular flexibility index (Phi) is 5.07. The maximum atomic E-state index is 9.23. The largest absolute Gasteiger partial charge is 0.396 e. The van der Waals surface area contributed by atoms with Gasteiger partial charge in [0.05, 0.1) is 6.04 Å². The zero-order valence-corrected chi connectivity index (χ0v) is 12.0. The van der Waals surface area contributed by atoms with Crippen molar-refractivity contribution < 1.29 is 5.11 Å². The summed E-state index contributed by atoms with van der Waals surface area (Å²) in [5.74, 6) is 0.598. The molecule has 0 aliphatic heterocycles. The van der Waals surface area contributed by atoms with Gasteiger partial charge in [0.15, 0.2) is 0 Å². The van der Waals surface area contributed by atoms with Gasteiger partial charge in [-0.15, -0.1) is 0 Å². The molecule has 2 aromatic rings.